The summed E-state index contributed by atoms with van der Waals surface area (Å²) in [6, 6.07) is 9.50. The number of pyridine rings is 2. The lowest BCUT2D eigenvalue weighted by Gasteiger charge is -2.39. The van der Waals surface area contributed by atoms with Gasteiger partial charge in [-0.15, -0.1) is 12.6 Å². The van der Waals surface area contributed by atoms with E-state index in [1.54, 1.807) is 19.3 Å². The number of aromatic nitrogens is 2. The van der Waals surface area contributed by atoms with Crippen molar-refractivity contribution in [2.45, 2.75) is 31.5 Å². The van der Waals surface area contributed by atoms with Crippen LogP contribution in [0, 0.1) is 18.3 Å². The zero-order valence-corrected chi connectivity index (χ0v) is 14.4. The van der Waals surface area contributed by atoms with Crippen LogP contribution in [0.25, 0.3) is 0 Å². The molecule has 2 aromatic rings. The monoisotopic (exact) mass is 339 g/mol. The van der Waals surface area contributed by atoms with Gasteiger partial charge in [0.05, 0.1) is 22.6 Å². The molecule has 3 unspecified atom stereocenters. The van der Waals surface area contributed by atoms with E-state index < -0.39 is 11.8 Å². The maximum absolute atomic E-state index is 11.1. The van der Waals surface area contributed by atoms with Crippen LogP contribution < -0.4 is 9.88 Å². The van der Waals surface area contributed by atoms with Crippen molar-refractivity contribution < 1.29 is 9.67 Å². The number of nitrogens with one attached hydrogen (secondary N) is 1. The smallest absolute Gasteiger partial charge is 0.216 e. The van der Waals surface area contributed by atoms with Crippen LogP contribution in [0.15, 0.2) is 59.7 Å². The standard InChI is InChI=1S/C18H18N4OS/c1-12-4-3-9-22(11-12)16-15(13-5-7-20-8-6-13)14(10-19)17(24)21-18(16,2)23/h3-9,11,15-16,21,23H,1-2H3/p+1. The van der Waals surface area contributed by atoms with Gasteiger partial charge in [-0.05, 0) is 37.6 Å². The molecule has 0 saturated carbocycles. The Bertz CT molecular complexity index is 826. The number of allylic oxidation sites excluding steroid dienone is 1. The fraction of sp³-hybridized carbons (Fsp3) is 0.278. The summed E-state index contributed by atoms with van der Waals surface area (Å²) in [5.41, 5.74) is 1.20. The quantitative estimate of drug-likeness (QED) is 0.578. The maximum Gasteiger partial charge on any atom is 0.216 e. The average molecular weight is 339 g/mol. The van der Waals surface area contributed by atoms with Gasteiger partial charge in [-0.3, -0.25) is 4.98 Å². The largest absolute Gasteiger partial charge is 0.366 e. The summed E-state index contributed by atoms with van der Waals surface area (Å²) in [6.07, 6.45) is 7.25. The Morgan fingerprint density at radius 2 is 2.08 bits per heavy atom. The molecular weight excluding hydrogens is 320 g/mol. The number of nitrogens with zero attached hydrogens (tertiary/aromatic N) is 3. The molecule has 0 spiro atoms. The lowest BCUT2D eigenvalue weighted by Crippen LogP contribution is -2.62. The second-order valence-electron chi connectivity index (χ2n) is 6.18. The van der Waals surface area contributed by atoms with Crippen LogP contribution in [0.4, 0.5) is 0 Å². The van der Waals surface area contributed by atoms with Gasteiger partial charge in [0, 0.05) is 24.0 Å². The highest BCUT2D eigenvalue weighted by atomic mass is 32.1. The van der Waals surface area contributed by atoms with E-state index in [1.165, 1.54) is 0 Å². The molecule has 0 saturated heterocycles. The highest BCUT2D eigenvalue weighted by Crippen LogP contribution is 2.42. The Labute approximate surface area is 146 Å². The summed E-state index contributed by atoms with van der Waals surface area (Å²) in [6.45, 7) is 3.69. The number of rotatable bonds is 2. The van der Waals surface area contributed by atoms with E-state index in [2.05, 4.69) is 29.0 Å². The molecule has 0 aromatic carbocycles. The number of nitriles is 1. The van der Waals surface area contributed by atoms with Gasteiger partial charge in [-0.2, -0.15) is 9.83 Å². The molecule has 0 amide bonds. The van der Waals surface area contributed by atoms with E-state index in [9.17, 15) is 10.4 Å². The molecular formula is C18H19N4OS+. The highest BCUT2D eigenvalue weighted by Gasteiger charge is 2.51. The Balaban J connectivity index is 2.24. The minimum Gasteiger partial charge on any atom is -0.366 e. The zero-order valence-electron chi connectivity index (χ0n) is 13.5. The normalized spacial score (nSPS) is 26.6. The third-order valence-corrected chi connectivity index (χ3v) is 4.66. The first-order valence-electron chi connectivity index (χ1n) is 7.65. The van der Waals surface area contributed by atoms with Crippen LogP contribution in [0.5, 0.6) is 0 Å². The summed E-state index contributed by atoms with van der Waals surface area (Å²) in [4.78, 5) is 4.06. The Hall–Kier alpha value is -2.36. The van der Waals surface area contributed by atoms with Gasteiger partial charge in [-0.1, -0.05) is 0 Å². The minimum atomic E-state index is -1.27. The molecule has 0 radical (unpaired) electrons. The van der Waals surface area contributed by atoms with Crippen LogP contribution >= 0.6 is 12.6 Å². The van der Waals surface area contributed by atoms with E-state index >= 15 is 0 Å². The molecule has 3 atom stereocenters. The number of hydrogen-bond acceptors (Lipinski definition) is 5. The zero-order chi connectivity index (χ0) is 17.3. The van der Waals surface area contributed by atoms with Crippen molar-refractivity contribution in [2.75, 3.05) is 0 Å². The third kappa shape index (κ3) is 2.88. The molecule has 2 N–H and O–H groups in total. The molecule has 1 aliphatic heterocycles. The van der Waals surface area contributed by atoms with Gasteiger partial charge in [0.2, 0.25) is 6.04 Å². The van der Waals surface area contributed by atoms with E-state index in [-0.39, 0.29) is 5.92 Å². The number of hydrogen-bond donors (Lipinski definition) is 3. The fourth-order valence-corrected chi connectivity index (χ4v) is 3.72. The lowest BCUT2D eigenvalue weighted by atomic mass is 9.78. The summed E-state index contributed by atoms with van der Waals surface area (Å²) in [7, 11) is 0. The molecule has 5 nitrogen and oxygen atoms in total. The van der Waals surface area contributed by atoms with E-state index in [4.69, 9.17) is 0 Å². The SMILES string of the molecule is Cc1ccc[n+](C2C(c3ccncc3)C(C#N)=C(S)NC2(C)O)c1. The number of thiol groups is 1. The first kappa shape index (κ1) is 16.5. The van der Waals surface area contributed by atoms with Gasteiger partial charge in [0.25, 0.3) is 0 Å². The van der Waals surface area contributed by atoms with Gasteiger partial charge in [0.1, 0.15) is 0 Å². The Morgan fingerprint density at radius 1 is 1.38 bits per heavy atom. The molecule has 24 heavy (non-hydrogen) atoms. The van der Waals surface area contributed by atoms with Gasteiger partial charge < -0.3 is 10.4 Å². The molecule has 3 heterocycles. The second-order valence-corrected chi connectivity index (χ2v) is 6.63. The first-order chi connectivity index (χ1) is 11.4. The lowest BCUT2D eigenvalue weighted by molar-refractivity contribution is -0.741. The molecule has 3 rings (SSSR count). The third-order valence-electron chi connectivity index (χ3n) is 4.31. The topological polar surface area (TPSA) is 72.8 Å². The highest BCUT2D eigenvalue weighted by molar-refractivity contribution is 7.84. The summed E-state index contributed by atoms with van der Waals surface area (Å²) in [5, 5.41) is 24.1. The molecule has 0 fully saturated rings. The average Bonchev–Trinajstić information content (AvgIpc) is 2.54. The van der Waals surface area contributed by atoms with Crippen LogP contribution in [0.3, 0.4) is 0 Å². The van der Waals surface area contributed by atoms with Crippen LogP contribution in [0.2, 0.25) is 0 Å². The molecule has 2 aromatic heterocycles. The van der Waals surface area contributed by atoms with Gasteiger partial charge >= 0.3 is 0 Å². The van der Waals surface area contributed by atoms with E-state index in [0.717, 1.165) is 11.1 Å². The molecule has 1 aliphatic rings. The van der Waals surface area contributed by atoms with Gasteiger partial charge in [0.15, 0.2) is 18.1 Å². The fourth-order valence-electron chi connectivity index (χ4n) is 3.30. The van der Waals surface area contributed by atoms with E-state index in [1.807, 2.05) is 48.1 Å². The van der Waals surface area contributed by atoms with Crippen molar-refractivity contribution >= 4 is 12.6 Å². The van der Waals surface area contributed by atoms with Crippen molar-refractivity contribution in [3.8, 4) is 6.07 Å². The predicted octanol–water partition coefficient (Wildman–Crippen LogP) is 1.98. The molecule has 0 aliphatic carbocycles. The Morgan fingerprint density at radius 3 is 2.71 bits per heavy atom. The summed E-state index contributed by atoms with van der Waals surface area (Å²) < 4.78 is 1.95. The first-order valence-corrected chi connectivity index (χ1v) is 8.10. The molecule has 6 heteroatoms. The second kappa shape index (κ2) is 6.27. The Kier molecular flexibility index (Phi) is 4.31. The summed E-state index contributed by atoms with van der Waals surface area (Å²) in [5.74, 6) is -0.339. The van der Waals surface area contributed by atoms with Crippen molar-refractivity contribution in [3.63, 3.8) is 0 Å². The van der Waals surface area contributed by atoms with Crippen molar-refractivity contribution in [3.05, 3.63) is 70.8 Å². The minimum absolute atomic E-state index is 0.339. The van der Waals surface area contributed by atoms with Gasteiger partial charge in [-0.25, -0.2) is 0 Å². The van der Waals surface area contributed by atoms with Crippen molar-refractivity contribution in [1.82, 2.24) is 10.3 Å². The summed E-state index contributed by atoms with van der Waals surface area (Å²) >= 11 is 4.39. The maximum atomic E-state index is 11.1. The van der Waals surface area contributed by atoms with Crippen LogP contribution in [-0.4, -0.2) is 15.8 Å². The van der Waals surface area contributed by atoms with Crippen LogP contribution in [0.1, 0.15) is 30.0 Å². The van der Waals surface area contributed by atoms with Crippen molar-refractivity contribution in [1.29, 1.82) is 5.26 Å². The number of aliphatic hydroxyl groups is 1. The molecule has 122 valence electrons. The van der Waals surface area contributed by atoms with E-state index in [0.29, 0.717) is 10.6 Å². The van der Waals surface area contributed by atoms with Crippen molar-refractivity contribution in [2.24, 2.45) is 0 Å². The predicted molar refractivity (Wildman–Crippen MR) is 92.8 cm³/mol. The molecule has 0 bridgehead atoms. The van der Waals surface area contributed by atoms with Crippen LogP contribution in [-0.2, 0) is 0 Å². The number of aryl methyl sites for hydroxylation is 1.